The summed E-state index contributed by atoms with van der Waals surface area (Å²) >= 11 is 0. The van der Waals surface area contributed by atoms with Crippen molar-refractivity contribution in [1.29, 1.82) is 0 Å². The molecule has 0 bridgehead atoms. The lowest BCUT2D eigenvalue weighted by atomic mass is 10.0. The average Bonchev–Trinajstić information content (AvgIpc) is 2.54. The number of carbonyl (C=O) groups is 1. The first-order valence-corrected chi connectivity index (χ1v) is 9.04. The van der Waals surface area contributed by atoms with E-state index >= 15 is 0 Å². The van der Waals surface area contributed by atoms with Gasteiger partial charge in [-0.15, -0.1) is 0 Å². The number of nitro groups is 1. The van der Waals surface area contributed by atoms with Gasteiger partial charge in [0.05, 0.1) is 15.7 Å². The van der Waals surface area contributed by atoms with Crippen molar-refractivity contribution in [3.05, 3.63) is 63.7 Å². The van der Waals surface area contributed by atoms with E-state index in [2.05, 4.69) is 0 Å². The minimum Gasteiger partial charge on any atom is -0.426 e. The van der Waals surface area contributed by atoms with Crippen molar-refractivity contribution in [3.8, 4) is 5.75 Å². The number of hydrogen-bond donors (Lipinski definition) is 0. The summed E-state index contributed by atoms with van der Waals surface area (Å²) in [7, 11) is -1.86. The van der Waals surface area contributed by atoms with E-state index in [4.69, 9.17) is 4.74 Å². The molecule has 1 unspecified atom stereocenters. The van der Waals surface area contributed by atoms with Crippen LogP contribution in [-0.2, 0) is 15.6 Å². The number of rotatable bonds is 6. The number of hydrogen-bond acceptors (Lipinski definition) is 5. The Morgan fingerprint density at radius 2 is 1.92 bits per heavy atom. The molecule has 132 valence electrons. The van der Waals surface area contributed by atoms with Crippen LogP contribution in [0.2, 0.25) is 0 Å². The predicted molar refractivity (Wildman–Crippen MR) is 95.3 cm³/mol. The highest BCUT2D eigenvalue weighted by Gasteiger charge is 2.22. The van der Waals surface area contributed by atoms with Gasteiger partial charge in [-0.25, -0.2) is 0 Å². The first kappa shape index (κ1) is 18.8. The minimum absolute atomic E-state index is 0.0118. The molecule has 0 radical (unpaired) electrons. The van der Waals surface area contributed by atoms with E-state index in [1.54, 1.807) is 12.1 Å². The number of ether oxygens (including phenoxy) is 1. The van der Waals surface area contributed by atoms with Gasteiger partial charge in [0.1, 0.15) is 16.4 Å². The number of para-hydroxylation sites is 1. The third kappa shape index (κ3) is 4.73. The van der Waals surface area contributed by atoms with E-state index in [0.717, 1.165) is 11.1 Å². The molecule has 2 aromatic rings. The molecule has 0 spiro atoms. The second-order valence-corrected chi connectivity index (χ2v) is 7.30. The Morgan fingerprint density at radius 1 is 1.24 bits per heavy atom. The molecule has 0 fully saturated rings. The summed E-state index contributed by atoms with van der Waals surface area (Å²) in [5, 5.41) is 11.0. The minimum atomic E-state index is -1.86. The average molecular weight is 361 g/mol. The van der Waals surface area contributed by atoms with Crippen LogP contribution in [-0.4, -0.2) is 20.9 Å². The van der Waals surface area contributed by atoms with E-state index in [1.807, 2.05) is 32.9 Å². The van der Waals surface area contributed by atoms with Gasteiger partial charge in [0, 0.05) is 6.07 Å². The molecule has 7 heteroatoms. The van der Waals surface area contributed by atoms with Crippen LogP contribution in [0.15, 0.2) is 47.4 Å². The molecule has 0 aromatic heterocycles. The number of nitro benzene ring substituents is 1. The highest BCUT2D eigenvalue weighted by molar-refractivity contribution is 7.85. The third-order valence-corrected chi connectivity index (χ3v) is 4.90. The van der Waals surface area contributed by atoms with E-state index < -0.39 is 27.4 Å². The van der Waals surface area contributed by atoms with Gasteiger partial charge in [-0.2, -0.15) is 0 Å². The highest BCUT2D eigenvalue weighted by atomic mass is 32.2. The monoisotopic (exact) mass is 361 g/mol. The highest BCUT2D eigenvalue weighted by Crippen LogP contribution is 2.28. The van der Waals surface area contributed by atoms with Crippen LogP contribution in [0.3, 0.4) is 0 Å². The maximum absolute atomic E-state index is 12.4. The van der Waals surface area contributed by atoms with E-state index in [-0.39, 0.29) is 16.5 Å². The zero-order valence-electron chi connectivity index (χ0n) is 14.2. The molecule has 1 atom stereocenters. The summed E-state index contributed by atoms with van der Waals surface area (Å²) in [4.78, 5) is 22.6. The van der Waals surface area contributed by atoms with Gasteiger partial charge in [-0.05, 0) is 36.1 Å². The number of aryl methyl sites for hydroxylation is 1. The molecule has 25 heavy (non-hydrogen) atoms. The van der Waals surface area contributed by atoms with Gasteiger partial charge >= 0.3 is 5.97 Å². The second kappa shape index (κ2) is 8.02. The number of esters is 1. The van der Waals surface area contributed by atoms with Crippen LogP contribution in [0.1, 0.15) is 30.9 Å². The van der Waals surface area contributed by atoms with E-state index in [0.29, 0.717) is 5.75 Å². The van der Waals surface area contributed by atoms with Crippen molar-refractivity contribution in [2.45, 2.75) is 31.6 Å². The second-order valence-electron chi connectivity index (χ2n) is 5.88. The lowest BCUT2D eigenvalue weighted by Crippen LogP contribution is -2.18. The fourth-order valence-corrected chi connectivity index (χ4v) is 3.38. The molecule has 0 saturated carbocycles. The van der Waals surface area contributed by atoms with Gasteiger partial charge in [-0.3, -0.25) is 19.1 Å². The van der Waals surface area contributed by atoms with E-state index in [9.17, 15) is 19.1 Å². The molecule has 0 aliphatic heterocycles. The molecule has 0 amide bonds. The normalized spacial score (nSPS) is 12.0. The van der Waals surface area contributed by atoms with Gasteiger partial charge in [0.2, 0.25) is 0 Å². The molecule has 0 N–H and O–H groups in total. The standard InChI is InChI=1S/C18H19NO5S/c1-12(2)14-9-8-13(3)10-16(14)24-18(20)11-25(23)17-7-5-4-6-15(17)19(21)22/h4-10,12H,11H2,1-3H3. The fourth-order valence-electron chi connectivity index (χ4n) is 2.34. The summed E-state index contributed by atoms with van der Waals surface area (Å²) in [6.45, 7) is 5.84. The zero-order chi connectivity index (χ0) is 18.6. The third-order valence-electron chi connectivity index (χ3n) is 3.57. The maximum Gasteiger partial charge on any atom is 0.324 e. The topological polar surface area (TPSA) is 86.5 Å². The van der Waals surface area contributed by atoms with Gasteiger partial charge in [-0.1, -0.05) is 38.1 Å². The first-order valence-electron chi connectivity index (χ1n) is 7.72. The Hall–Kier alpha value is -2.54. The Labute approximate surface area is 148 Å². The van der Waals surface area contributed by atoms with Crippen LogP contribution in [0.5, 0.6) is 5.75 Å². The lowest BCUT2D eigenvalue weighted by Gasteiger charge is -2.13. The Bertz CT molecular complexity index is 832. The molecule has 0 aliphatic rings. The van der Waals surface area contributed by atoms with Gasteiger partial charge < -0.3 is 4.74 Å². The SMILES string of the molecule is Cc1ccc(C(C)C)c(OC(=O)CS(=O)c2ccccc2[N+](=O)[O-])c1. The molecular formula is C18H19NO5S. The van der Waals surface area contributed by atoms with Crippen molar-refractivity contribution < 1.29 is 18.7 Å². The summed E-state index contributed by atoms with van der Waals surface area (Å²) < 4.78 is 17.7. The zero-order valence-corrected chi connectivity index (χ0v) is 15.0. The van der Waals surface area contributed by atoms with Crippen molar-refractivity contribution >= 4 is 22.5 Å². The van der Waals surface area contributed by atoms with Crippen molar-refractivity contribution in [2.24, 2.45) is 0 Å². The summed E-state index contributed by atoms with van der Waals surface area (Å²) in [6.07, 6.45) is 0. The Kier molecular flexibility index (Phi) is 6.03. The maximum atomic E-state index is 12.4. The summed E-state index contributed by atoms with van der Waals surface area (Å²) in [6, 6.07) is 11.2. The summed E-state index contributed by atoms with van der Waals surface area (Å²) in [5.41, 5.74) is 1.54. The summed E-state index contributed by atoms with van der Waals surface area (Å²) in [5.74, 6) is -0.552. The largest absolute Gasteiger partial charge is 0.426 e. The van der Waals surface area contributed by atoms with Crippen LogP contribution in [0, 0.1) is 17.0 Å². The Balaban J connectivity index is 2.18. The van der Waals surface area contributed by atoms with E-state index in [1.165, 1.54) is 18.2 Å². The molecule has 0 saturated heterocycles. The van der Waals surface area contributed by atoms with Crippen molar-refractivity contribution in [1.82, 2.24) is 0 Å². The van der Waals surface area contributed by atoms with Gasteiger partial charge in [0.25, 0.3) is 5.69 Å². The number of nitrogens with zero attached hydrogens (tertiary/aromatic N) is 1. The van der Waals surface area contributed by atoms with Crippen molar-refractivity contribution in [3.63, 3.8) is 0 Å². The number of carbonyl (C=O) groups excluding carboxylic acids is 1. The predicted octanol–water partition coefficient (Wildman–Crippen LogP) is 3.74. The van der Waals surface area contributed by atoms with Crippen LogP contribution >= 0.6 is 0 Å². The fraction of sp³-hybridized carbons (Fsp3) is 0.278. The van der Waals surface area contributed by atoms with Crippen LogP contribution in [0.25, 0.3) is 0 Å². The van der Waals surface area contributed by atoms with Crippen LogP contribution in [0.4, 0.5) is 5.69 Å². The molecule has 0 aliphatic carbocycles. The lowest BCUT2D eigenvalue weighted by molar-refractivity contribution is -0.387. The van der Waals surface area contributed by atoms with Crippen molar-refractivity contribution in [2.75, 3.05) is 5.75 Å². The first-order chi connectivity index (χ1) is 11.8. The molecular weight excluding hydrogens is 342 g/mol. The smallest absolute Gasteiger partial charge is 0.324 e. The molecule has 0 heterocycles. The number of benzene rings is 2. The quantitative estimate of drug-likeness (QED) is 0.338. The molecule has 6 nitrogen and oxygen atoms in total. The molecule has 2 aromatic carbocycles. The molecule has 2 rings (SSSR count). The van der Waals surface area contributed by atoms with Gasteiger partial charge in [0.15, 0.2) is 0 Å². The Morgan fingerprint density at radius 3 is 2.56 bits per heavy atom. The van der Waals surface area contributed by atoms with Crippen LogP contribution < -0.4 is 4.74 Å².